The van der Waals surface area contributed by atoms with Gasteiger partial charge in [0.15, 0.2) is 11.5 Å². The van der Waals surface area contributed by atoms with Crippen LogP contribution in [-0.4, -0.2) is 24.5 Å². The van der Waals surface area contributed by atoms with E-state index < -0.39 is 0 Å². The van der Waals surface area contributed by atoms with Crippen molar-refractivity contribution < 1.29 is 14.6 Å². The number of hydrogen-bond acceptors (Lipinski definition) is 4. The van der Waals surface area contributed by atoms with Crippen molar-refractivity contribution in [1.82, 2.24) is 0 Å². The summed E-state index contributed by atoms with van der Waals surface area (Å²) in [6.45, 7) is 1.31. The van der Waals surface area contributed by atoms with E-state index in [0.717, 1.165) is 22.3 Å². The maximum atomic E-state index is 9.79. The third kappa shape index (κ3) is 3.36. The minimum Gasteiger partial charge on any atom is -0.507 e. The van der Waals surface area contributed by atoms with Crippen LogP contribution in [0.25, 0.3) is 0 Å². The summed E-state index contributed by atoms with van der Waals surface area (Å²) in [5, 5.41) is 9.79. The Bertz CT molecular complexity index is 685. The summed E-state index contributed by atoms with van der Waals surface area (Å²) in [5.74, 6) is 1.65. The van der Waals surface area contributed by atoms with Gasteiger partial charge in [0.1, 0.15) is 5.75 Å². The predicted octanol–water partition coefficient (Wildman–Crippen LogP) is 4.07. The second-order valence-corrected chi connectivity index (χ2v) is 5.56. The molecule has 1 N–H and O–H groups in total. The molecule has 0 bridgehead atoms. The summed E-state index contributed by atoms with van der Waals surface area (Å²) in [6.07, 6.45) is 2.50. The van der Waals surface area contributed by atoms with Crippen LogP contribution in [0.4, 0.5) is 5.69 Å². The lowest BCUT2D eigenvalue weighted by molar-refractivity contribution is 0.297. The molecule has 0 unspecified atom stereocenters. The van der Waals surface area contributed by atoms with Gasteiger partial charge in [-0.1, -0.05) is 15.9 Å². The van der Waals surface area contributed by atoms with Gasteiger partial charge in [-0.15, -0.1) is 0 Å². The predicted molar refractivity (Wildman–Crippen MR) is 85.1 cm³/mol. The van der Waals surface area contributed by atoms with Crippen molar-refractivity contribution in [3.8, 4) is 17.2 Å². The molecule has 0 amide bonds. The topological polar surface area (TPSA) is 51.1 Å². The van der Waals surface area contributed by atoms with Crippen molar-refractivity contribution in [2.75, 3.05) is 13.2 Å². The SMILES string of the molecule is Oc1ccc(Br)cc1C=Nc1ccc2c(c1)OCCCO2. The van der Waals surface area contributed by atoms with Crippen molar-refractivity contribution in [3.05, 3.63) is 46.4 Å². The van der Waals surface area contributed by atoms with Gasteiger partial charge in [0, 0.05) is 28.7 Å². The zero-order valence-electron chi connectivity index (χ0n) is 11.3. The van der Waals surface area contributed by atoms with Crippen LogP contribution in [0.15, 0.2) is 45.9 Å². The van der Waals surface area contributed by atoms with Crippen LogP contribution in [-0.2, 0) is 0 Å². The molecule has 0 saturated heterocycles. The maximum Gasteiger partial charge on any atom is 0.163 e. The van der Waals surface area contributed by atoms with Gasteiger partial charge in [-0.2, -0.15) is 0 Å². The van der Waals surface area contributed by atoms with Crippen molar-refractivity contribution in [3.63, 3.8) is 0 Å². The first kappa shape index (κ1) is 13.9. The molecule has 21 heavy (non-hydrogen) atoms. The van der Waals surface area contributed by atoms with Gasteiger partial charge >= 0.3 is 0 Å². The standard InChI is InChI=1S/C16H14BrNO3/c17-12-2-4-14(19)11(8-12)10-18-13-3-5-15-16(9-13)21-7-1-6-20-15/h2-5,8-10,19H,1,6-7H2. The van der Waals surface area contributed by atoms with E-state index >= 15 is 0 Å². The molecule has 108 valence electrons. The Morgan fingerprint density at radius 1 is 1.05 bits per heavy atom. The molecule has 3 rings (SSSR count). The smallest absolute Gasteiger partial charge is 0.163 e. The van der Waals surface area contributed by atoms with E-state index in [2.05, 4.69) is 20.9 Å². The summed E-state index contributed by atoms with van der Waals surface area (Å²) in [7, 11) is 0. The first-order chi connectivity index (χ1) is 10.2. The molecule has 2 aromatic rings. The second-order valence-electron chi connectivity index (χ2n) is 4.64. The van der Waals surface area contributed by atoms with E-state index in [1.54, 1.807) is 18.3 Å². The molecule has 0 fully saturated rings. The second kappa shape index (κ2) is 6.18. The number of benzene rings is 2. The summed E-state index contributed by atoms with van der Waals surface area (Å²) >= 11 is 3.37. The lowest BCUT2D eigenvalue weighted by Gasteiger charge is -2.07. The van der Waals surface area contributed by atoms with Gasteiger partial charge < -0.3 is 14.6 Å². The summed E-state index contributed by atoms with van der Waals surface area (Å²) < 4.78 is 12.1. The number of nitrogens with zero attached hydrogens (tertiary/aromatic N) is 1. The molecular formula is C16H14BrNO3. The lowest BCUT2D eigenvalue weighted by atomic mass is 10.2. The summed E-state index contributed by atoms with van der Waals surface area (Å²) in [5.41, 5.74) is 1.40. The van der Waals surface area contributed by atoms with Crippen LogP contribution in [0.2, 0.25) is 0 Å². The first-order valence-corrected chi connectivity index (χ1v) is 7.44. The van der Waals surface area contributed by atoms with Gasteiger partial charge in [0.2, 0.25) is 0 Å². The van der Waals surface area contributed by atoms with Gasteiger partial charge in [0.25, 0.3) is 0 Å². The molecular weight excluding hydrogens is 334 g/mol. The minimum atomic E-state index is 0.191. The van der Waals surface area contributed by atoms with E-state index in [-0.39, 0.29) is 5.75 Å². The van der Waals surface area contributed by atoms with E-state index in [4.69, 9.17) is 9.47 Å². The molecule has 0 atom stereocenters. The number of rotatable bonds is 2. The van der Waals surface area contributed by atoms with Crippen LogP contribution in [0.3, 0.4) is 0 Å². The summed E-state index contributed by atoms with van der Waals surface area (Å²) in [6, 6.07) is 10.8. The van der Waals surface area contributed by atoms with Crippen molar-refractivity contribution >= 4 is 27.8 Å². The number of halogens is 1. The Kier molecular flexibility index (Phi) is 4.10. The monoisotopic (exact) mass is 347 g/mol. The molecule has 2 aromatic carbocycles. The number of phenols is 1. The van der Waals surface area contributed by atoms with Crippen LogP contribution in [0, 0.1) is 0 Å². The molecule has 0 aromatic heterocycles. The Hall–Kier alpha value is -2.01. The highest BCUT2D eigenvalue weighted by atomic mass is 79.9. The molecule has 0 aliphatic carbocycles. The Labute approximate surface area is 131 Å². The third-order valence-electron chi connectivity index (χ3n) is 3.07. The Morgan fingerprint density at radius 2 is 1.86 bits per heavy atom. The zero-order chi connectivity index (χ0) is 14.7. The zero-order valence-corrected chi connectivity index (χ0v) is 12.8. The average Bonchev–Trinajstić information content (AvgIpc) is 2.73. The van der Waals surface area contributed by atoms with E-state index in [9.17, 15) is 5.11 Å². The number of aromatic hydroxyl groups is 1. The maximum absolute atomic E-state index is 9.79. The number of ether oxygens (including phenoxy) is 2. The van der Waals surface area contributed by atoms with Crippen LogP contribution in [0.1, 0.15) is 12.0 Å². The van der Waals surface area contributed by atoms with Gasteiger partial charge in [-0.25, -0.2) is 0 Å². The quantitative estimate of drug-likeness (QED) is 0.833. The fourth-order valence-corrected chi connectivity index (χ4v) is 2.38. The Morgan fingerprint density at radius 3 is 2.71 bits per heavy atom. The van der Waals surface area contributed by atoms with Crippen molar-refractivity contribution in [2.45, 2.75) is 6.42 Å². The van der Waals surface area contributed by atoms with Crippen molar-refractivity contribution in [1.29, 1.82) is 0 Å². The lowest BCUT2D eigenvalue weighted by Crippen LogP contribution is -1.97. The van der Waals surface area contributed by atoms with Gasteiger partial charge in [-0.3, -0.25) is 4.99 Å². The molecule has 1 heterocycles. The third-order valence-corrected chi connectivity index (χ3v) is 3.57. The van der Waals surface area contributed by atoms with E-state index in [0.29, 0.717) is 24.5 Å². The molecule has 4 nitrogen and oxygen atoms in total. The van der Waals surface area contributed by atoms with Gasteiger partial charge in [0.05, 0.1) is 18.9 Å². The minimum absolute atomic E-state index is 0.191. The highest BCUT2D eigenvalue weighted by Gasteiger charge is 2.10. The fourth-order valence-electron chi connectivity index (χ4n) is 2.01. The van der Waals surface area contributed by atoms with Gasteiger partial charge in [-0.05, 0) is 30.3 Å². The summed E-state index contributed by atoms with van der Waals surface area (Å²) in [4.78, 5) is 4.38. The largest absolute Gasteiger partial charge is 0.507 e. The first-order valence-electron chi connectivity index (χ1n) is 6.64. The van der Waals surface area contributed by atoms with Crippen LogP contribution < -0.4 is 9.47 Å². The highest BCUT2D eigenvalue weighted by Crippen LogP contribution is 2.33. The van der Waals surface area contributed by atoms with Crippen molar-refractivity contribution in [2.24, 2.45) is 4.99 Å². The number of aliphatic imine (C=N–C) groups is 1. The highest BCUT2D eigenvalue weighted by molar-refractivity contribution is 9.10. The molecule has 5 heteroatoms. The molecule has 0 saturated carbocycles. The van der Waals surface area contributed by atoms with E-state index in [1.165, 1.54) is 0 Å². The molecule has 1 aliphatic heterocycles. The van der Waals surface area contributed by atoms with E-state index in [1.807, 2.05) is 24.3 Å². The molecule has 0 spiro atoms. The number of hydrogen-bond donors (Lipinski definition) is 1. The van der Waals surface area contributed by atoms with Crippen LogP contribution in [0.5, 0.6) is 17.2 Å². The average molecular weight is 348 g/mol. The molecule has 0 radical (unpaired) electrons. The van der Waals surface area contributed by atoms with Crippen LogP contribution >= 0.6 is 15.9 Å². The number of fused-ring (bicyclic) bond motifs is 1. The fraction of sp³-hybridized carbons (Fsp3) is 0.188. The normalized spacial score (nSPS) is 14.1. The molecule has 1 aliphatic rings. The Balaban J connectivity index is 1.86. The number of phenolic OH excluding ortho intramolecular Hbond substituents is 1.